The number of amides is 2. The molecule has 1 aliphatic heterocycles. The first-order valence-corrected chi connectivity index (χ1v) is 13.9. The highest BCUT2D eigenvalue weighted by molar-refractivity contribution is 7.40. The Labute approximate surface area is 243 Å². The van der Waals surface area contributed by atoms with Gasteiger partial charge in [0.15, 0.2) is 12.6 Å². The van der Waals surface area contributed by atoms with Gasteiger partial charge >= 0.3 is 0 Å². The largest absolute Gasteiger partial charge is 0.508 e. The van der Waals surface area contributed by atoms with E-state index in [0.29, 0.717) is 28.9 Å². The van der Waals surface area contributed by atoms with E-state index in [2.05, 4.69) is 20.8 Å². The number of methoxy groups -OCH3 is 1. The molecule has 1 unspecified atom stereocenters. The first kappa shape index (κ1) is 28.7. The van der Waals surface area contributed by atoms with Gasteiger partial charge in [0.25, 0.3) is 0 Å². The first-order valence-electron chi connectivity index (χ1n) is 13.0. The van der Waals surface area contributed by atoms with Crippen LogP contribution in [0.15, 0.2) is 71.7 Å². The van der Waals surface area contributed by atoms with Crippen LogP contribution in [0, 0.1) is 6.92 Å². The maximum absolute atomic E-state index is 13.0. The van der Waals surface area contributed by atoms with Crippen LogP contribution in [-0.4, -0.2) is 62.7 Å². The van der Waals surface area contributed by atoms with Crippen LogP contribution in [0.4, 0.5) is 0 Å². The summed E-state index contributed by atoms with van der Waals surface area (Å²) in [6, 6.07) is 18.4. The number of benzene rings is 3. The number of hydrogen-bond acceptors (Lipinski definition) is 9. The van der Waals surface area contributed by atoms with Crippen LogP contribution >= 0.6 is 8.81 Å². The van der Waals surface area contributed by atoms with Gasteiger partial charge in [-0.3, -0.25) is 19.1 Å². The van der Waals surface area contributed by atoms with Gasteiger partial charge in [0.1, 0.15) is 29.1 Å². The summed E-state index contributed by atoms with van der Waals surface area (Å²) in [6.07, 6.45) is -0.0908. The van der Waals surface area contributed by atoms with Crippen molar-refractivity contribution < 1.29 is 29.1 Å². The molecule has 1 aromatic heterocycles. The Hall–Kier alpha value is -4.80. The van der Waals surface area contributed by atoms with Gasteiger partial charge in [-0.2, -0.15) is 0 Å². The smallest absolute Gasteiger partial charge is 0.241 e. The molecule has 12 nitrogen and oxygen atoms in total. The van der Waals surface area contributed by atoms with Crippen molar-refractivity contribution in [3.8, 4) is 22.9 Å². The Balaban J connectivity index is 1.32. The number of phenols is 1. The zero-order chi connectivity index (χ0) is 29.6. The van der Waals surface area contributed by atoms with Gasteiger partial charge in [-0.15, -0.1) is 10.2 Å². The number of aryl methyl sites for hydroxylation is 1. The van der Waals surface area contributed by atoms with Crippen LogP contribution in [0.2, 0.25) is 0 Å². The maximum atomic E-state index is 13.0. The van der Waals surface area contributed by atoms with E-state index in [-0.39, 0.29) is 34.3 Å². The third-order valence-electron chi connectivity index (χ3n) is 6.59. The lowest BCUT2D eigenvalue weighted by molar-refractivity contribution is -0.126. The van der Waals surface area contributed by atoms with Crippen molar-refractivity contribution in [2.75, 3.05) is 20.4 Å². The Morgan fingerprint density at radius 3 is 2.43 bits per heavy atom. The first-order chi connectivity index (χ1) is 20.4. The highest BCUT2D eigenvalue weighted by Crippen LogP contribution is 2.34. The summed E-state index contributed by atoms with van der Waals surface area (Å²) >= 11 is 0. The maximum Gasteiger partial charge on any atom is 0.241 e. The molecule has 0 saturated carbocycles. The lowest BCUT2D eigenvalue weighted by Gasteiger charge is -2.14. The Morgan fingerprint density at radius 1 is 0.976 bits per heavy atom. The number of fused-ring (bicyclic) bond motifs is 3. The van der Waals surface area contributed by atoms with Crippen LogP contribution in [0.3, 0.4) is 0 Å². The summed E-state index contributed by atoms with van der Waals surface area (Å²) in [5, 5.41) is 24.5. The number of aromatic hydroxyl groups is 1. The zero-order valence-electron chi connectivity index (χ0n) is 22.9. The minimum atomic E-state index is -0.720. The van der Waals surface area contributed by atoms with Crippen LogP contribution in [-0.2, 0) is 9.59 Å². The molecule has 1 aliphatic rings. The quantitative estimate of drug-likeness (QED) is 0.162. The van der Waals surface area contributed by atoms with Gasteiger partial charge < -0.3 is 30.1 Å². The summed E-state index contributed by atoms with van der Waals surface area (Å²) in [7, 11) is 1.28. The average Bonchev–Trinajstić information content (AvgIpc) is 3.33. The third kappa shape index (κ3) is 6.40. The summed E-state index contributed by atoms with van der Waals surface area (Å²) in [5.41, 5.74) is 2.84. The fourth-order valence-corrected chi connectivity index (χ4v) is 4.82. The van der Waals surface area contributed by atoms with Crippen molar-refractivity contribution in [2.45, 2.75) is 19.4 Å². The summed E-state index contributed by atoms with van der Waals surface area (Å²) in [4.78, 5) is 39.5. The number of nitrogens with zero attached hydrogens (tertiary/aromatic N) is 4. The number of nitrogens with one attached hydrogen (secondary N) is 2. The van der Waals surface area contributed by atoms with Gasteiger partial charge in [-0.1, -0.05) is 0 Å². The molecule has 0 saturated heterocycles. The van der Waals surface area contributed by atoms with Crippen molar-refractivity contribution in [3.63, 3.8) is 0 Å². The van der Waals surface area contributed by atoms with Gasteiger partial charge in [0.05, 0.1) is 31.5 Å². The van der Waals surface area contributed by atoms with Crippen molar-refractivity contribution in [1.82, 2.24) is 25.4 Å². The molecule has 4 aromatic rings. The van der Waals surface area contributed by atoms with Gasteiger partial charge in [-0.05, 0) is 79.0 Å². The molecule has 216 valence electrons. The lowest BCUT2D eigenvalue weighted by atomic mass is 9.99. The minimum absolute atomic E-state index is 0.0809. The number of phenolic OH excluding ortho intramolecular Hbond substituents is 1. The predicted octanol–water partition coefficient (Wildman–Crippen LogP) is 2.05. The molecule has 42 heavy (non-hydrogen) atoms. The third-order valence-corrected chi connectivity index (χ3v) is 7.18. The number of aromatic nitrogens is 3. The SMILES string of the molecule is COc1ccc2c(c1)C(c1ccc(O)cc1)=N[C@@H](CC(=O)NCC(=O)NCOc1ccc(PO)cc1)c1nnc(C)n1-2. The molecule has 13 heteroatoms. The fourth-order valence-electron chi connectivity index (χ4n) is 4.50. The van der Waals surface area contributed by atoms with E-state index < -0.39 is 17.9 Å². The predicted molar refractivity (Wildman–Crippen MR) is 157 cm³/mol. The zero-order valence-corrected chi connectivity index (χ0v) is 23.9. The molecule has 0 bridgehead atoms. The topological polar surface area (TPSA) is 160 Å². The van der Waals surface area contributed by atoms with Crippen molar-refractivity contribution in [2.24, 2.45) is 4.99 Å². The molecule has 3 aromatic carbocycles. The molecular formula is C29H29N6O6P. The van der Waals surface area contributed by atoms with Crippen LogP contribution < -0.4 is 25.4 Å². The highest BCUT2D eigenvalue weighted by atomic mass is 31.1. The standard InChI is InChI=1S/C29H29N6O6P/c1-17-33-34-29-24(14-26(37)30-15-27(38)31-16-41-20-7-10-22(42-39)11-8-20)32-28(18-3-5-19(36)6-4-18)23-13-21(40-2)9-12-25(23)35(17)29/h3-13,24,36,39,42H,14-16H2,1-2H3,(H,30,37)(H,31,38)/t24-/m0/s1. The van der Waals surface area contributed by atoms with E-state index in [9.17, 15) is 14.7 Å². The van der Waals surface area contributed by atoms with Crippen molar-refractivity contribution in [3.05, 3.63) is 89.5 Å². The molecule has 2 amide bonds. The van der Waals surface area contributed by atoms with Crippen molar-refractivity contribution in [1.29, 1.82) is 0 Å². The van der Waals surface area contributed by atoms with Gasteiger partial charge in [-0.25, -0.2) is 0 Å². The molecule has 0 aliphatic carbocycles. The van der Waals surface area contributed by atoms with E-state index in [4.69, 9.17) is 19.4 Å². The van der Waals surface area contributed by atoms with Gasteiger partial charge in [0.2, 0.25) is 11.8 Å². The van der Waals surface area contributed by atoms with Crippen molar-refractivity contribution >= 4 is 31.6 Å². The second-order valence-corrected chi connectivity index (χ2v) is 10.2. The normalized spacial score (nSPS) is 14.0. The molecule has 0 spiro atoms. The number of rotatable bonds is 10. The van der Waals surface area contributed by atoms with Gasteiger partial charge in [0, 0.05) is 19.9 Å². The highest BCUT2D eigenvalue weighted by Gasteiger charge is 2.30. The number of carbonyl (C=O) groups is 2. The summed E-state index contributed by atoms with van der Waals surface area (Å²) in [6.45, 7) is 1.49. The van der Waals surface area contributed by atoms with E-state index in [1.165, 1.54) is 0 Å². The fraction of sp³-hybridized carbons (Fsp3) is 0.207. The molecule has 0 fully saturated rings. The molecule has 4 N–H and O–H groups in total. The molecule has 0 radical (unpaired) electrons. The molecule has 5 rings (SSSR count). The number of hydrogen-bond donors (Lipinski definition) is 4. The minimum Gasteiger partial charge on any atom is -0.508 e. The van der Waals surface area contributed by atoms with Crippen LogP contribution in [0.5, 0.6) is 17.2 Å². The molecular weight excluding hydrogens is 559 g/mol. The van der Waals surface area contributed by atoms with E-state index in [1.54, 1.807) is 55.6 Å². The number of carbonyl (C=O) groups excluding carboxylic acids is 2. The second-order valence-electron chi connectivity index (χ2n) is 9.37. The number of aliphatic imine (C=N–C) groups is 1. The average molecular weight is 589 g/mol. The Kier molecular flexibility index (Phi) is 8.75. The second kappa shape index (κ2) is 12.8. The Bertz CT molecular complexity index is 1620. The van der Waals surface area contributed by atoms with Crippen LogP contribution in [0.1, 0.15) is 35.2 Å². The summed E-state index contributed by atoms with van der Waals surface area (Å²) < 4.78 is 12.8. The van der Waals surface area contributed by atoms with E-state index in [0.717, 1.165) is 22.1 Å². The summed E-state index contributed by atoms with van der Waals surface area (Å²) in [5.74, 6) is 1.55. The molecule has 2 atom stereocenters. The van der Waals surface area contributed by atoms with E-state index in [1.807, 2.05) is 29.7 Å². The number of ether oxygens (including phenoxy) is 2. The Morgan fingerprint density at radius 2 is 1.71 bits per heavy atom. The monoisotopic (exact) mass is 588 g/mol. The molecule has 2 heterocycles. The lowest BCUT2D eigenvalue weighted by Crippen LogP contribution is -2.38. The van der Waals surface area contributed by atoms with E-state index >= 15 is 0 Å². The van der Waals surface area contributed by atoms with Crippen LogP contribution in [0.25, 0.3) is 5.69 Å².